The number of hydrogen-bond donors (Lipinski definition) is 0. The molecule has 106 valence electrons. The van der Waals surface area contributed by atoms with Gasteiger partial charge in [0.1, 0.15) is 5.82 Å². The van der Waals surface area contributed by atoms with Crippen molar-refractivity contribution < 1.29 is 18.7 Å². The molecule has 0 radical (unpaired) electrons. The lowest BCUT2D eigenvalue weighted by molar-refractivity contribution is -0.190. The molecule has 2 aliphatic carbocycles. The number of carbonyl (C=O) groups excluding carboxylic acids is 1. The zero-order valence-corrected chi connectivity index (χ0v) is 11.3. The van der Waals surface area contributed by atoms with Crippen molar-refractivity contribution in [2.24, 2.45) is 0 Å². The highest BCUT2D eigenvalue weighted by molar-refractivity contribution is 6.02. The highest BCUT2D eigenvalue weighted by Gasteiger charge is 2.54. The van der Waals surface area contributed by atoms with E-state index in [1.165, 1.54) is 6.07 Å². The molecule has 3 aliphatic rings. The molecule has 1 saturated carbocycles. The molecule has 3 nitrogen and oxygen atoms in total. The molecule has 4 rings (SSSR count). The normalized spacial score (nSPS) is 31.1. The number of Topliss-reactive ketones (excluding diaryl/α,β-unsaturated/α-hetero) is 1. The van der Waals surface area contributed by atoms with Gasteiger partial charge >= 0.3 is 0 Å². The van der Waals surface area contributed by atoms with Gasteiger partial charge in [-0.1, -0.05) is 12.1 Å². The Hall–Kier alpha value is -1.26. The molecule has 1 aromatic carbocycles. The molecule has 1 saturated heterocycles. The van der Waals surface area contributed by atoms with Crippen molar-refractivity contribution in [3.05, 3.63) is 35.1 Å². The van der Waals surface area contributed by atoms with Crippen LogP contribution in [0.1, 0.15) is 48.0 Å². The van der Waals surface area contributed by atoms with Crippen LogP contribution in [0.25, 0.3) is 0 Å². The zero-order valence-electron chi connectivity index (χ0n) is 11.3. The van der Waals surface area contributed by atoms with Gasteiger partial charge in [-0.2, -0.15) is 0 Å². The summed E-state index contributed by atoms with van der Waals surface area (Å²) in [7, 11) is 0. The summed E-state index contributed by atoms with van der Waals surface area (Å²) in [5, 5.41) is 0. The van der Waals surface area contributed by atoms with E-state index in [-0.39, 0.29) is 11.2 Å². The number of benzene rings is 1. The molecule has 1 heterocycles. The number of ketones is 1. The van der Waals surface area contributed by atoms with E-state index < -0.39 is 11.6 Å². The first-order valence-corrected chi connectivity index (χ1v) is 7.24. The van der Waals surface area contributed by atoms with Crippen LogP contribution >= 0.6 is 0 Å². The third kappa shape index (κ3) is 1.61. The van der Waals surface area contributed by atoms with Gasteiger partial charge in [-0.3, -0.25) is 4.79 Å². The van der Waals surface area contributed by atoms with Crippen molar-refractivity contribution in [1.82, 2.24) is 0 Å². The second-order valence-corrected chi connectivity index (χ2v) is 6.18. The summed E-state index contributed by atoms with van der Waals surface area (Å²) in [6.07, 6.45) is 3.78. The van der Waals surface area contributed by atoms with Crippen LogP contribution in [0.15, 0.2) is 18.2 Å². The Balaban J connectivity index is 1.79. The largest absolute Gasteiger partial charge is 0.348 e. The third-order valence-electron chi connectivity index (χ3n) is 5.00. The minimum Gasteiger partial charge on any atom is -0.348 e. The van der Waals surface area contributed by atoms with Crippen LogP contribution in [0.3, 0.4) is 0 Å². The molecular formula is C16H17FO3. The minimum atomic E-state index is -0.549. The maximum atomic E-state index is 14.0. The van der Waals surface area contributed by atoms with Crippen LogP contribution in [0.2, 0.25) is 0 Å². The Morgan fingerprint density at radius 3 is 2.75 bits per heavy atom. The Bertz CT molecular complexity index is 577. The van der Waals surface area contributed by atoms with Gasteiger partial charge in [0.2, 0.25) is 0 Å². The van der Waals surface area contributed by atoms with Crippen molar-refractivity contribution in [3.63, 3.8) is 0 Å². The summed E-state index contributed by atoms with van der Waals surface area (Å²) in [5.41, 5.74) is 0.861. The number of fused-ring (bicyclic) bond motifs is 2. The molecule has 1 unspecified atom stereocenters. The Kier molecular flexibility index (Phi) is 2.57. The van der Waals surface area contributed by atoms with E-state index >= 15 is 0 Å². The first-order chi connectivity index (χ1) is 9.64. The molecule has 0 amide bonds. The Morgan fingerprint density at radius 1 is 1.15 bits per heavy atom. The maximum absolute atomic E-state index is 14.0. The van der Waals surface area contributed by atoms with Crippen LogP contribution in [-0.4, -0.2) is 24.8 Å². The fraction of sp³-hybridized carbons (Fsp3) is 0.562. The number of hydrogen-bond acceptors (Lipinski definition) is 3. The van der Waals surface area contributed by atoms with E-state index in [2.05, 4.69) is 0 Å². The van der Waals surface area contributed by atoms with E-state index in [4.69, 9.17) is 9.47 Å². The van der Waals surface area contributed by atoms with E-state index in [9.17, 15) is 9.18 Å². The maximum Gasteiger partial charge on any atom is 0.169 e. The van der Waals surface area contributed by atoms with E-state index in [0.29, 0.717) is 31.6 Å². The molecule has 0 aromatic heterocycles. The Labute approximate surface area is 117 Å². The number of rotatable bonds is 0. The number of halogens is 1. The molecule has 20 heavy (non-hydrogen) atoms. The lowest BCUT2D eigenvalue weighted by Crippen LogP contribution is -2.44. The van der Waals surface area contributed by atoms with Crippen LogP contribution in [-0.2, 0) is 14.9 Å². The fourth-order valence-electron chi connectivity index (χ4n) is 4.25. The van der Waals surface area contributed by atoms with E-state index in [0.717, 1.165) is 24.8 Å². The predicted molar refractivity (Wildman–Crippen MR) is 70.1 cm³/mol. The SMILES string of the molecule is O=C1CC2(CCCC3(C2)OCCO3)c2cccc(F)c21. The molecule has 0 bridgehead atoms. The second kappa shape index (κ2) is 4.12. The topological polar surface area (TPSA) is 35.5 Å². The molecule has 2 spiro atoms. The van der Waals surface area contributed by atoms with Gasteiger partial charge in [0.15, 0.2) is 11.6 Å². The molecule has 0 N–H and O–H groups in total. The molecule has 1 atom stereocenters. The molecular weight excluding hydrogens is 259 g/mol. The zero-order chi connectivity index (χ0) is 13.8. The van der Waals surface area contributed by atoms with Gasteiger partial charge in [-0.15, -0.1) is 0 Å². The highest BCUT2D eigenvalue weighted by Crippen LogP contribution is 2.53. The lowest BCUT2D eigenvalue weighted by Gasteiger charge is -2.43. The van der Waals surface area contributed by atoms with E-state index in [1.54, 1.807) is 6.07 Å². The van der Waals surface area contributed by atoms with Crippen LogP contribution in [0.4, 0.5) is 4.39 Å². The quantitative estimate of drug-likeness (QED) is 0.731. The van der Waals surface area contributed by atoms with Gasteiger partial charge in [-0.25, -0.2) is 4.39 Å². The summed E-state index contributed by atoms with van der Waals surface area (Å²) in [6.45, 7) is 1.22. The Morgan fingerprint density at radius 2 is 1.95 bits per heavy atom. The molecule has 4 heteroatoms. The monoisotopic (exact) mass is 276 g/mol. The summed E-state index contributed by atoms with van der Waals surface area (Å²) in [6, 6.07) is 4.97. The van der Waals surface area contributed by atoms with Gasteiger partial charge in [0.25, 0.3) is 0 Å². The summed E-state index contributed by atoms with van der Waals surface area (Å²) < 4.78 is 25.6. The average Bonchev–Trinajstić information content (AvgIpc) is 2.95. The van der Waals surface area contributed by atoms with Crippen LogP contribution in [0, 0.1) is 5.82 Å². The lowest BCUT2D eigenvalue weighted by atomic mass is 9.68. The van der Waals surface area contributed by atoms with Crippen LogP contribution < -0.4 is 0 Å². The van der Waals surface area contributed by atoms with Crippen molar-refractivity contribution in [2.45, 2.75) is 43.3 Å². The predicted octanol–water partition coefficient (Wildman–Crippen LogP) is 2.97. The molecule has 1 aliphatic heterocycles. The summed E-state index contributed by atoms with van der Waals surface area (Å²) in [5.74, 6) is -1.02. The van der Waals surface area contributed by atoms with Gasteiger partial charge in [0.05, 0.1) is 18.8 Å². The van der Waals surface area contributed by atoms with Gasteiger partial charge in [-0.05, 0) is 24.5 Å². The number of ether oxygens (including phenoxy) is 2. The van der Waals surface area contributed by atoms with E-state index in [1.807, 2.05) is 6.07 Å². The van der Waals surface area contributed by atoms with Gasteiger partial charge in [0, 0.05) is 24.7 Å². The summed E-state index contributed by atoms with van der Waals surface area (Å²) in [4.78, 5) is 12.2. The first kappa shape index (κ1) is 12.5. The highest BCUT2D eigenvalue weighted by atomic mass is 19.1. The van der Waals surface area contributed by atoms with Crippen molar-refractivity contribution in [3.8, 4) is 0 Å². The van der Waals surface area contributed by atoms with Crippen molar-refractivity contribution in [2.75, 3.05) is 13.2 Å². The van der Waals surface area contributed by atoms with Crippen LogP contribution in [0.5, 0.6) is 0 Å². The smallest absolute Gasteiger partial charge is 0.169 e. The van der Waals surface area contributed by atoms with Crippen molar-refractivity contribution in [1.29, 1.82) is 0 Å². The van der Waals surface area contributed by atoms with Crippen molar-refractivity contribution >= 4 is 5.78 Å². The first-order valence-electron chi connectivity index (χ1n) is 7.24. The fourth-order valence-corrected chi connectivity index (χ4v) is 4.25. The summed E-state index contributed by atoms with van der Waals surface area (Å²) >= 11 is 0. The average molecular weight is 276 g/mol. The molecule has 1 aromatic rings. The second-order valence-electron chi connectivity index (χ2n) is 6.18. The minimum absolute atomic E-state index is 0.0758. The molecule has 2 fully saturated rings. The standard InChI is InChI=1S/C16H17FO3/c17-12-4-1-3-11-14(12)13(18)9-15(11)5-2-6-16(10-15)19-7-8-20-16/h1,3-4H,2,5-10H2. The third-order valence-corrected chi connectivity index (χ3v) is 5.00. The van der Waals surface area contributed by atoms with Gasteiger partial charge < -0.3 is 9.47 Å². The number of carbonyl (C=O) groups is 1.